The molecule has 0 unspecified atom stereocenters. The SMILES string of the molecule is C=CSc1c(C)ncnc1Cl. The summed E-state index contributed by atoms with van der Waals surface area (Å²) in [6, 6.07) is 0. The molecule has 0 aromatic carbocycles. The Balaban J connectivity index is 3.09. The smallest absolute Gasteiger partial charge is 0.146 e. The number of thioether (sulfide) groups is 1. The first-order valence-corrected chi connectivity index (χ1v) is 4.26. The molecule has 4 heteroatoms. The van der Waals surface area contributed by atoms with Crippen LogP contribution >= 0.6 is 23.4 Å². The first-order valence-electron chi connectivity index (χ1n) is 3.00. The Morgan fingerprint density at radius 3 is 2.91 bits per heavy atom. The van der Waals surface area contributed by atoms with Gasteiger partial charge in [0, 0.05) is 0 Å². The third kappa shape index (κ3) is 1.94. The summed E-state index contributed by atoms with van der Waals surface area (Å²) >= 11 is 7.22. The summed E-state index contributed by atoms with van der Waals surface area (Å²) in [5.41, 5.74) is 0.884. The fourth-order valence-electron chi connectivity index (χ4n) is 0.650. The predicted molar refractivity (Wildman–Crippen MR) is 47.8 cm³/mol. The van der Waals surface area contributed by atoms with Gasteiger partial charge in [-0.3, -0.25) is 0 Å². The minimum atomic E-state index is 0.488. The molecule has 2 nitrogen and oxygen atoms in total. The molecule has 0 atom stereocenters. The maximum absolute atomic E-state index is 5.79. The van der Waals surface area contributed by atoms with E-state index in [1.807, 2.05) is 6.92 Å². The van der Waals surface area contributed by atoms with Gasteiger partial charge in [0.15, 0.2) is 0 Å². The summed E-state index contributed by atoms with van der Waals surface area (Å²) in [5.74, 6) is 0. The summed E-state index contributed by atoms with van der Waals surface area (Å²) in [6.07, 6.45) is 1.45. The van der Waals surface area contributed by atoms with Gasteiger partial charge in [0.2, 0.25) is 0 Å². The molecule has 0 spiro atoms. The molecule has 0 saturated carbocycles. The fourth-order valence-corrected chi connectivity index (χ4v) is 1.50. The topological polar surface area (TPSA) is 25.8 Å². The largest absolute Gasteiger partial charge is 0.240 e. The van der Waals surface area contributed by atoms with Gasteiger partial charge in [-0.25, -0.2) is 9.97 Å². The van der Waals surface area contributed by atoms with Crippen molar-refractivity contribution < 1.29 is 0 Å². The van der Waals surface area contributed by atoms with E-state index in [0.717, 1.165) is 10.6 Å². The van der Waals surface area contributed by atoms with Crippen molar-refractivity contribution in [3.8, 4) is 0 Å². The van der Waals surface area contributed by atoms with Crippen LogP contribution in [0.5, 0.6) is 0 Å². The number of hydrogen-bond acceptors (Lipinski definition) is 3. The van der Waals surface area contributed by atoms with Crippen molar-refractivity contribution in [1.82, 2.24) is 9.97 Å². The molecule has 0 amide bonds. The van der Waals surface area contributed by atoms with E-state index in [1.165, 1.54) is 18.1 Å². The van der Waals surface area contributed by atoms with Crippen LogP contribution in [0.3, 0.4) is 0 Å². The number of aromatic nitrogens is 2. The highest BCUT2D eigenvalue weighted by Crippen LogP contribution is 2.27. The van der Waals surface area contributed by atoms with Gasteiger partial charge in [-0.05, 0) is 12.3 Å². The molecule has 0 aliphatic heterocycles. The predicted octanol–water partition coefficient (Wildman–Crippen LogP) is 2.67. The van der Waals surface area contributed by atoms with E-state index < -0.39 is 0 Å². The molecule has 0 bridgehead atoms. The molecular weight excluding hydrogens is 180 g/mol. The number of rotatable bonds is 2. The summed E-state index contributed by atoms with van der Waals surface area (Å²) in [6.45, 7) is 5.48. The Kier molecular flexibility index (Phi) is 2.91. The van der Waals surface area contributed by atoms with Crippen molar-refractivity contribution in [3.63, 3.8) is 0 Å². The number of nitrogens with zero attached hydrogens (tertiary/aromatic N) is 2. The standard InChI is InChI=1S/C7H7ClN2S/c1-3-11-6-5(2)9-4-10-7(6)8/h3-4H,1H2,2H3. The van der Waals surface area contributed by atoms with E-state index in [-0.39, 0.29) is 0 Å². The Morgan fingerprint density at radius 2 is 2.36 bits per heavy atom. The van der Waals surface area contributed by atoms with Crippen LogP contribution in [-0.4, -0.2) is 9.97 Å². The lowest BCUT2D eigenvalue weighted by atomic mass is 10.5. The Morgan fingerprint density at radius 1 is 1.64 bits per heavy atom. The zero-order valence-corrected chi connectivity index (χ0v) is 7.61. The summed E-state index contributed by atoms with van der Waals surface area (Å²) in [7, 11) is 0. The minimum absolute atomic E-state index is 0.488. The lowest BCUT2D eigenvalue weighted by molar-refractivity contribution is 1.03. The molecule has 1 heterocycles. The molecule has 0 N–H and O–H groups in total. The lowest BCUT2D eigenvalue weighted by Gasteiger charge is -2.00. The van der Waals surface area contributed by atoms with Gasteiger partial charge < -0.3 is 0 Å². The zero-order valence-electron chi connectivity index (χ0n) is 6.04. The molecular formula is C7H7ClN2S. The van der Waals surface area contributed by atoms with Crippen molar-refractivity contribution in [2.75, 3.05) is 0 Å². The summed E-state index contributed by atoms with van der Waals surface area (Å²) in [4.78, 5) is 8.72. The maximum Gasteiger partial charge on any atom is 0.146 e. The van der Waals surface area contributed by atoms with Gasteiger partial charge in [-0.2, -0.15) is 0 Å². The highest BCUT2D eigenvalue weighted by Gasteiger charge is 2.03. The summed E-state index contributed by atoms with van der Waals surface area (Å²) < 4.78 is 0. The molecule has 1 aromatic heterocycles. The normalized spacial score (nSPS) is 9.64. The third-order valence-corrected chi connectivity index (χ3v) is 2.43. The van der Waals surface area contributed by atoms with Crippen LogP contribution in [0.4, 0.5) is 0 Å². The number of aryl methyl sites for hydroxylation is 1. The monoisotopic (exact) mass is 186 g/mol. The van der Waals surface area contributed by atoms with E-state index in [9.17, 15) is 0 Å². The quantitative estimate of drug-likeness (QED) is 0.525. The molecule has 0 radical (unpaired) electrons. The minimum Gasteiger partial charge on any atom is -0.240 e. The average molecular weight is 187 g/mol. The average Bonchev–Trinajstić information content (AvgIpc) is 1.97. The third-order valence-electron chi connectivity index (χ3n) is 1.14. The second-order valence-corrected chi connectivity index (χ2v) is 3.20. The van der Waals surface area contributed by atoms with Gasteiger partial charge >= 0.3 is 0 Å². The van der Waals surface area contributed by atoms with Crippen LogP contribution in [0.15, 0.2) is 23.2 Å². The highest BCUT2D eigenvalue weighted by molar-refractivity contribution is 8.02. The van der Waals surface area contributed by atoms with E-state index in [4.69, 9.17) is 11.6 Å². The van der Waals surface area contributed by atoms with Crippen LogP contribution < -0.4 is 0 Å². The van der Waals surface area contributed by atoms with Crippen LogP contribution in [0.2, 0.25) is 5.15 Å². The van der Waals surface area contributed by atoms with Gasteiger partial charge in [0.25, 0.3) is 0 Å². The first-order chi connectivity index (χ1) is 5.25. The van der Waals surface area contributed by atoms with E-state index in [1.54, 1.807) is 5.41 Å². The zero-order chi connectivity index (χ0) is 8.27. The van der Waals surface area contributed by atoms with Gasteiger partial charge in [0.1, 0.15) is 11.5 Å². The van der Waals surface area contributed by atoms with E-state index in [0.29, 0.717) is 5.15 Å². The molecule has 1 rings (SSSR count). The highest BCUT2D eigenvalue weighted by atomic mass is 35.5. The van der Waals surface area contributed by atoms with Crippen LogP contribution in [0.25, 0.3) is 0 Å². The first kappa shape index (κ1) is 8.56. The maximum atomic E-state index is 5.79. The van der Waals surface area contributed by atoms with Crippen LogP contribution in [0.1, 0.15) is 5.69 Å². The Labute approximate surface area is 74.7 Å². The molecule has 11 heavy (non-hydrogen) atoms. The Bertz CT molecular complexity index is 255. The Hall–Kier alpha value is -0.540. The molecule has 0 fully saturated rings. The van der Waals surface area contributed by atoms with Crippen molar-refractivity contribution in [3.05, 3.63) is 29.2 Å². The molecule has 0 saturated heterocycles. The molecule has 58 valence electrons. The van der Waals surface area contributed by atoms with Crippen LogP contribution in [-0.2, 0) is 0 Å². The lowest BCUT2D eigenvalue weighted by Crippen LogP contribution is -1.87. The molecule has 0 aliphatic carbocycles. The fraction of sp³-hybridized carbons (Fsp3) is 0.143. The van der Waals surface area contributed by atoms with Crippen molar-refractivity contribution in [2.45, 2.75) is 11.8 Å². The van der Waals surface area contributed by atoms with Gasteiger partial charge in [-0.1, -0.05) is 29.9 Å². The van der Waals surface area contributed by atoms with Crippen LogP contribution in [0, 0.1) is 6.92 Å². The number of hydrogen-bond donors (Lipinski definition) is 0. The number of halogens is 1. The van der Waals surface area contributed by atoms with Crippen molar-refractivity contribution in [1.29, 1.82) is 0 Å². The second-order valence-electron chi connectivity index (χ2n) is 1.86. The molecule has 0 aliphatic rings. The van der Waals surface area contributed by atoms with Crippen molar-refractivity contribution in [2.24, 2.45) is 0 Å². The summed E-state index contributed by atoms with van der Waals surface area (Å²) in [5, 5.41) is 2.19. The van der Waals surface area contributed by atoms with E-state index in [2.05, 4.69) is 16.5 Å². The second kappa shape index (κ2) is 3.74. The molecule has 1 aromatic rings. The van der Waals surface area contributed by atoms with Gasteiger partial charge in [0.05, 0.1) is 10.6 Å². The van der Waals surface area contributed by atoms with Crippen molar-refractivity contribution >= 4 is 23.4 Å². The van der Waals surface area contributed by atoms with E-state index >= 15 is 0 Å². The van der Waals surface area contributed by atoms with Gasteiger partial charge in [-0.15, -0.1) is 0 Å².